The summed E-state index contributed by atoms with van der Waals surface area (Å²) in [7, 11) is 0. The van der Waals surface area contributed by atoms with E-state index in [1.165, 1.54) is 11.8 Å². The molecule has 0 aromatic carbocycles. The van der Waals surface area contributed by atoms with E-state index in [1.54, 1.807) is 24.8 Å². The van der Waals surface area contributed by atoms with Crippen molar-refractivity contribution >= 4 is 11.8 Å². The molecule has 4 aromatic rings. The Morgan fingerprint density at radius 2 is 1.89 bits per heavy atom. The maximum Gasteiger partial charge on any atom is 0.240 e. The Morgan fingerprint density at radius 3 is 2.57 bits per heavy atom. The number of nitrogens with zero attached hydrogens (tertiary/aromatic N) is 7. The summed E-state index contributed by atoms with van der Waals surface area (Å²) in [6, 6.07) is 7.55. The van der Waals surface area contributed by atoms with Crippen molar-refractivity contribution in [2.45, 2.75) is 23.9 Å². The number of pyridine rings is 2. The molecule has 4 aromatic heterocycles. The predicted octanol–water partition coefficient (Wildman–Crippen LogP) is 3.82. The highest BCUT2D eigenvalue weighted by Gasteiger charge is 2.21. The van der Waals surface area contributed by atoms with E-state index in [9.17, 15) is 0 Å². The fourth-order valence-electron chi connectivity index (χ4n) is 2.60. The minimum atomic E-state index is -0.104. The highest BCUT2D eigenvalue weighted by molar-refractivity contribution is 7.99. The van der Waals surface area contributed by atoms with Crippen LogP contribution in [0, 0.1) is 0 Å². The topological polar surface area (TPSA) is 95.4 Å². The van der Waals surface area contributed by atoms with Gasteiger partial charge in [-0.25, -0.2) is 0 Å². The summed E-state index contributed by atoms with van der Waals surface area (Å²) < 4.78 is 7.44. The standard InChI is InChI=1S/C19H17N7OS/c1-3-10-26-17(15-7-5-9-21-12-15)23-24-19(26)28-13(2)18-22-16(25-27-18)14-6-4-8-20-11-14/h3-9,11-13H,1,10H2,2H3. The van der Waals surface area contributed by atoms with Crippen molar-refractivity contribution in [2.24, 2.45) is 0 Å². The Hall–Kier alpha value is -3.33. The van der Waals surface area contributed by atoms with Gasteiger partial charge < -0.3 is 4.52 Å². The van der Waals surface area contributed by atoms with Gasteiger partial charge in [-0.05, 0) is 31.2 Å². The molecule has 0 amide bonds. The van der Waals surface area contributed by atoms with E-state index >= 15 is 0 Å². The zero-order valence-electron chi connectivity index (χ0n) is 15.1. The molecule has 0 N–H and O–H groups in total. The fraction of sp³-hybridized carbons (Fsp3) is 0.158. The predicted molar refractivity (Wildman–Crippen MR) is 105 cm³/mol. The number of allylic oxidation sites excluding steroid dienone is 1. The van der Waals surface area contributed by atoms with Crippen LogP contribution >= 0.6 is 11.8 Å². The Labute approximate surface area is 165 Å². The van der Waals surface area contributed by atoms with Gasteiger partial charge in [-0.3, -0.25) is 14.5 Å². The Bertz CT molecular complexity index is 1060. The van der Waals surface area contributed by atoms with Gasteiger partial charge in [-0.15, -0.1) is 16.8 Å². The lowest BCUT2D eigenvalue weighted by atomic mass is 10.3. The van der Waals surface area contributed by atoms with Gasteiger partial charge in [0.15, 0.2) is 11.0 Å². The monoisotopic (exact) mass is 391 g/mol. The minimum Gasteiger partial charge on any atom is -0.338 e. The molecule has 0 spiro atoms. The number of rotatable bonds is 7. The lowest BCUT2D eigenvalue weighted by molar-refractivity contribution is 0.380. The molecular formula is C19H17N7OS. The first-order valence-corrected chi connectivity index (χ1v) is 9.49. The molecule has 9 heteroatoms. The van der Waals surface area contributed by atoms with Crippen molar-refractivity contribution in [3.05, 3.63) is 67.6 Å². The van der Waals surface area contributed by atoms with E-state index in [0.29, 0.717) is 18.3 Å². The van der Waals surface area contributed by atoms with E-state index in [4.69, 9.17) is 4.52 Å². The molecule has 0 fully saturated rings. The van der Waals surface area contributed by atoms with Crippen molar-refractivity contribution in [1.29, 1.82) is 0 Å². The third-order valence-corrected chi connectivity index (χ3v) is 5.01. The number of aromatic nitrogens is 7. The van der Waals surface area contributed by atoms with Crippen LogP contribution in [0.5, 0.6) is 0 Å². The molecule has 140 valence electrons. The highest BCUT2D eigenvalue weighted by atomic mass is 32.2. The number of hydrogen-bond acceptors (Lipinski definition) is 8. The first-order chi connectivity index (χ1) is 13.8. The molecule has 0 bridgehead atoms. The van der Waals surface area contributed by atoms with Crippen LogP contribution in [0.1, 0.15) is 18.1 Å². The summed E-state index contributed by atoms with van der Waals surface area (Å²) >= 11 is 1.50. The van der Waals surface area contributed by atoms with Crippen molar-refractivity contribution < 1.29 is 4.52 Å². The fourth-order valence-corrected chi connectivity index (χ4v) is 3.49. The van der Waals surface area contributed by atoms with Crippen LogP contribution in [0.2, 0.25) is 0 Å². The van der Waals surface area contributed by atoms with E-state index in [-0.39, 0.29) is 5.25 Å². The largest absolute Gasteiger partial charge is 0.338 e. The van der Waals surface area contributed by atoms with Gasteiger partial charge in [0, 0.05) is 42.5 Å². The minimum absolute atomic E-state index is 0.104. The van der Waals surface area contributed by atoms with E-state index in [1.807, 2.05) is 41.8 Å². The number of hydrogen-bond donors (Lipinski definition) is 0. The zero-order valence-corrected chi connectivity index (χ0v) is 16.0. The van der Waals surface area contributed by atoms with Crippen LogP contribution in [-0.4, -0.2) is 34.9 Å². The van der Waals surface area contributed by atoms with Crippen LogP contribution in [0.15, 0.2) is 71.4 Å². The Morgan fingerprint density at radius 1 is 1.14 bits per heavy atom. The maximum atomic E-state index is 5.45. The third-order valence-electron chi connectivity index (χ3n) is 3.94. The smallest absolute Gasteiger partial charge is 0.240 e. The quantitative estimate of drug-likeness (QED) is 0.346. The van der Waals surface area contributed by atoms with Gasteiger partial charge in [0.05, 0.1) is 5.25 Å². The van der Waals surface area contributed by atoms with Crippen LogP contribution < -0.4 is 0 Å². The summed E-state index contributed by atoms with van der Waals surface area (Å²) in [6.07, 6.45) is 8.71. The van der Waals surface area contributed by atoms with E-state index < -0.39 is 0 Å². The SMILES string of the molecule is C=CCn1c(SC(C)c2nc(-c3cccnc3)no2)nnc1-c1cccnc1. The van der Waals surface area contributed by atoms with Crippen LogP contribution in [0.3, 0.4) is 0 Å². The molecule has 0 aliphatic heterocycles. The lowest BCUT2D eigenvalue weighted by Crippen LogP contribution is -2.02. The van der Waals surface area contributed by atoms with Crippen LogP contribution in [0.25, 0.3) is 22.8 Å². The second-order valence-electron chi connectivity index (χ2n) is 5.91. The van der Waals surface area contributed by atoms with Crippen molar-refractivity contribution in [3.63, 3.8) is 0 Å². The average molecular weight is 391 g/mol. The molecule has 0 aliphatic rings. The van der Waals surface area contributed by atoms with E-state index in [2.05, 4.69) is 36.9 Å². The summed E-state index contributed by atoms with van der Waals surface area (Å²) in [6.45, 7) is 6.41. The third kappa shape index (κ3) is 3.70. The van der Waals surface area contributed by atoms with Crippen LogP contribution in [-0.2, 0) is 6.54 Å². The number of thioether (sulfide) groups is 1. The molecule has 28 heavy (non-hydrogen) atoms. The molecule has 8 nitrogen and oxygen atoms in total. The molecule has 0 saturated heterocycles. The van der Waals surface area contributed by atoms with Crippen molar-refractivity contribution in [3.8, 4) is 22.8 Å². The first kappa shape index (κ1) is 18.1. The van der Waals surface area contributed by atoms with Gasteiger partial charge in [0.25, 0.3) is 0 Å². The Kier molecular flexibility index (Phi) is 5.24. The van der Waals surface area contributed by atoms with Gasteiger partial charge >= 0.3 is 0 Å². The molecule has 0 saturated carbocycles. The summed E-state index contributed by atoms with van der Waals surface area (Å²) in [5.74, 6) is 1.77. The second kappa shape index (κ2) is 8.13. The normalized spacial score (nSPS) is 12.0. The Balaban J connectivity index is 1.58. The molecular weight excluding hydrogens is 374 g/mol. The van der Waals surface area contributed by atoms with Crippen molar-refractivity contribution in [2.75, 3.05) is 0 Å². The van der Waals surface area contributed by atoms with Crippen LogP contribution in [0.4, 0.5) is 0 Å². The molecule has 1 unspecified atom stereocenters. The van der Waals surface area contributed by atoms with Gasteiger partial charge in [0.2, 0.25) is 11.7 Å². The first-order valence-electron chi connectivity index (χ1n) is 8.61. The van der Waals surface area contributed by atoms with Gasteiger partial charge in [-0.1, -0.05) is 23.0 Å². The summed E-state index contributed by atoms with van der Waals surface area (Å²) in [4.78, 5) is 12.7. The second-order valence-corrected chi connectivity index (χ2v) is 7.21. The van der Waals surface area contributed by atoms with E-state index in [0.717, 1.165) is 22.1 Å². The molecule has 1 atom stereocenters. The van der Waals surface area contributed by atoms with Gasteiger partial charge in [-0.2, -0.15) is 4.98 Å². The molecule has 4 heterocycles. The maximum absolute atomic E-state index is 5.45. The average Bonchev–Trinajstić information content (AvgIpc) is 3.38. The van der Waals surface area contributed by atoms with Crippen molar-refractivity contribution in [1.82, 2.24) is 34.9 Å². The zero-order chi connectivity index (χ0) is 19.3. The highest BCUT2D eigenvalue weighted by Crippen LogP contribution is 2.35. The van der Waals surface area contributed by atoms with Gasteiger partial charge in [0.1, 0.15) is 0 Å². The lowest BCUT2D eigenvalue weighted by Gasteiger charge is -2.09. The summed E-state index contributed by atoms with van der Waals surface area (Å²) in [5, 5.41) is 13.4. The molecule has 0 aliphatic carbocycles. The summed E-state index contributed by atoms with van der Waals surface area (Å²) in [5.41, 5.74) is 1.70. The molecule has 0 radical (unpaired) electrons. The molecule has 4 rings (SSSR count).